The van der Waals surface area contributed by atoms with Crippen LogP contribution in [0, 0.1) is 0 Å². The SMILES string of the molecule is CCC[SiH2]CCC[Si](O[Si](C)(C)C)(O[Si](C)(C)C)O[Si](C)(C)C. The maximum Gasteiger partial charge on any atom is 0.469 e. The predicted octanol–water partition coefficient (Wildman–Crippen LogP) is 5.29. The highest BCUT2D eigenvalue weighted by atomic mass is 28.5. The third-order valence-corrected chi connectivity index (χ3v) is 17.2. The lowest BCUT2D eigenvalue weighted by atomic mass is 10.6. The summed E-state index contributed by atoms with van der Waals surface area (Å²) < 4.78 is 20.1. The highest BCUT2D eigenvalue weighted by Gasteiger charge is 2.49. The highest BCUT2D eigenvalue weighted by Crippen LogP contribution is 2.30. The van der Waals surface area contributed by atoms with Gasteiger partial charge in [-0.1, -0.05) is 31.9 Å². The largest absolute Gasteiger partial charge is 0.469 e. The van der Waals surface area contributed by atoms with Crippen molar-refractivity contribution in [1.82, 2.24) is 0 Å². The first kappa shape index (κ1) is 24.0. The normalized spacial score (nSPS) is 14.9. The quantitative estimate of drug-likeness (QED) is 0.323. The van der Waals surface area contributed by atoms with Crippen LogP contribution in [-0.2, 0) is 12.3 Å². The Morgan fingerprint density at radius 1 is 0.652 bits per heavy atom. The van der Waals surface area contributed by atoms with E-state index < -0.39 is 33.8 Å². The molecule has 0 aliphatic carbocycles. The Balaban J connectivity index is 5.21. The van der Waals surface area contributed by atoms with E-state index in [1.54, 1.807) is 0 Å². The molecule has 0 aromatic heterocycles. The van der Waals surface area contributed by atoms with Gasteiger partial charge in [-0.15, -0.1) is 0 Å². The highest BCUT2D eigenvalue weighted by molar-refractivity contribution is 6.90. The van der Waals surface area contributed by atoms with Crippen LogP contribution in [0.25, 0.3) is 0 Å². The third kappa shape index (κ3) is 13.9. The smallest absolute Gasteiger partial charge is 0.417 e. The summed E-state index contributed by atoms with van der Waals surface area (Å²) in [5.74, 6) is 0. The van der Waals surface area contributed by atoms with E-state index in [-0.39, 0.29) is 9.52 Å². The molecule has 0 saturated carbocycles. The van der Waals surface area contributed by atoms with Crippen LogP contribution in [-0.4, -0.2) is 43.3 Å². The number of hydrogen-bond donors (Lipinski definition) is 0. The van der Waals surface area contributed by atoms with E-state index in [1.807, 2.05) is 0 Å². The Morgan fingerprint density at radius 2 is 1.04 bits per heavy atom. The molecular formula is C15H42O3Si5. The van der Waals surface area contributed by atoms with Crippen LogP contribution < -0.4 is 0 Å². The molecule has 0 radical (unpaired) electrons. The molecule has 0 amide bonds. The average molecular weight is 411 g/mol. The summed E-state index contributed by atoms with van der Waals surface area (Å²) in [6.07, 6.45) is 2.58. The Bertz CT molecular complexity index is 291. The van der Waals surface area contributed by atoms with E-state index >= 15 is 0 Å². The van der Waals surface area contributed by atoms with Crippen molar-refractivity contribution in [2.24, 2.45) is 0 Å². The molecule has 0 atom stereocenters. The first-order chi connectivity index (χ1) is 10.2. The van der Waals surface area contributed by atoms with Gasteiger partial charge in [0.1, 0.15) is 0 Å². The molecule has 0 unspecified atom stereocenters. The maximum absolute atomic E-state index is 6.70. The van der Waals surface area contributed by atoms with Gasteiger partial charge in [0, 0.05) is 15.6 Å². The molecule has 0 aliphatic rings. The molecular weight excluding hydrogens is 369 g/mol. The third-order valence-electron chi connectivity index (χ3n) is 2.97. The molecule has 0 aliphatic heterocycles. The fraction of sp³-hybridized carbons (Fsp3) is 1.00. The van der Waals surface area contributed by atoms with Gasteiger partial charge in [-0.2, -0.15) is 0 Å². The van der Waals surface area contributed by atoms with E-state index in [9.17, 15) is 0 Å². The van der Waals surface area contributed by atoms with E-state index in [2.05, 4.69) is 65.8 Å². The second-order valence-electron chi connectivity index (χ2n) is 9.49. The van der Waals surface area contributed by atoms with Crippen molar-refractivity contribution in [1.29, 1.82) is 0 Å². The molecule has 0 aromatic rings. The van der Waals surface area contributed by atoms with Gasteiger partial charge in [-0.3, -0.25) is 0 Å². The van der Waals surface area contributed by atoms with E-state index in [0.29, 0.717) is 0 Å². The summed E-state index contributed by atoms with van der Waals surface area (Å²) in [4.78, 5) is 0. The van der Waals surface area contributed by atoms with Gasteiger partial charge in [0.2, 0.25) is 0 Å². The maximum atomic E-state index is 6.70. The molecule has 3 nitrogen and oxygen atoms in total. The van der Waals surface area contributed by atoms with Gasteiger partial charge in [0.05, 0.1) is 0 Å². The lowest BCUT2D eigenvalue weighted by molar-refractivity contribution is 0.251. The van der Waals surface area contributed by atoms with E-state index in [4.69, 9.17) is 12.3 Å². The monoisotopic (exact) mass is 410 g/mol. The van der Waals surface area contributed by atoms with Crippen molar-refractivity contribution >= 4 is 43.3 Å². The molecule has 0 bridgehead atoms. The van der Waals surface area contributed by atoms with Crippen LogP contribution in [0.1, 0.15) is 19.8 Å². The Morgan fingerprint density at radius 3 is 1.35 bits per heavy atom. The van der Waals surface area contributed by atoms with Gasteiger partial charge in [0.25, 0.3) is 0 Å². The van der Waals surface area contributed by atoms with Crippen LogP contribution in [0.5, 0.6) is 0 Å². The lowest BCUT2D eigenvalue weighted by Gasteiger charge is -2.43. The Labute approximate surface area is 152 Å². The first-order valence-electron chi connectivity index (χ1n) is 9.29. The van der Waals surface area contributed by atoms with Crippen molar-refractivity contribution in [2.75, 3.05) is 0 Å². The molecule has 0 N–H and O–H groups in total. The van der Waals surface area contributed by atoms with Crippen molar-refractivity contribution in [2.45, 2.75) is 96.8 Å². The number of rotatable bonds is 12. The van der Waals surface area contributed by atoms with Crippen molar-refractivity contribution in [3.63, 3.8) is 0 Å². The molecule has 0 rings (SSSR count). The lowest BCUT2D eigenvalue weighted by Crippen LogP contribution is -2.60. The van der Waals surface area contributed by atoms with Crippen LogP contribution in [0.2, 0.25) is 77.1 Å². The van der Waals surface area contributed by atoms with Crippen LogP contribution in [0.15, 0.2) is 0 Å². The topological polar surface area (TPSA) is 27.7 Å². The standard InChI is InChI=1S/C15H42O3Si5/c1-11-13-19-14-12-15-23(16-20(2,3)4,17-21(5,6)7)18-22(8,9)10/h11-15,19H2,1-10H3. The minimum atomic E-state index is -2.55. The zero-order valence-corrected chi connectivity index (χ0v) is 22.9. The van der Waals surface area contributed by atoms with Crippen LogP contribution >= 0.6 is 0 Å². The first-order valence-corrected chi connectivity index (χ1v) is 23.4. The van der Waals surface area contributed by atoms with Crippen molar-refractivity contribution in [3.05, 3.63) is 0 Å². The van der Waals surface area contributed by atoms with Gasteiger partial charge in [-0.25, -0.2) is 0 Å². The van der Waals surface area contributed by atoms with Crippen molar-refractivity contribution < 1.29 is 12.3 Å². The summed E-state index contributed by atoms with van der Waals surface area (Å²) in [5.41, 5.74) is 0. The predicted molar refractivity (Wildman–Crippen MR) is 117 cm³/mol. The summed E-state index contributed by atoms with van der Waals surface area (Å²) in [6, 6.07) is 3.90. The van der Waals surface area contributed by atoms with Crippen LogP contribution in [0.4, 0.5) is 0 Å². The molecule has 0 heterocycles. The second kappa shape index (κ2) is 9.60. The van der Waals surface area contributed by atoms with E-state index in [0.717, 1.165) is 6.04 Å². The summed E-state index contributed by atoms with van der Waals surface area (Å²) >= 11 is 0. The van der Waals surface area contributed by atoms with Gasteiger partial charge in [-0.05, 0) is 58.9 Å². The molecule has 0 saturated heterocycles. The molecule has 0 fully saturated rings. The minimum Gasteiger partial charge on any atom is -0.417 e. The fourth-order valence-electron chi connectivity index (χ4n) is 2.56. The summed E-state index contributed by atoms with van der Waals surface area (Å²) in [6.45, 7) is 22.7. The fourth-order valence-corrected chi connectivity index (χ4v) is 19.2. The Kier molecular flexibility index (Phi) is 10.0. The number of hydrogen-bond acceptors (Lipinski definition) is 3. The molecule has 0 spiro atoms. The zero-order valence-electron chi connectivity index (χ0n) is 17.5. The van der Waals surface area contributed by atoms with Gasteiger partial charge >= 0.3 is 8.80 Å². The summed E-state index contributed by atoms with van der Waals surface area (Å²) in [7, 11) is -7.55. The zero-order chi connectivity index (χ0) is 18.4. The second-order valence-corrected chi connectivity index (χ2v) is 28.6. The van der Waals surface area contributed by atoms with Gasteiger partial charge in [0.15, 0.2) is 25.0 Å². The summed E-state index contributed by atoms with van der Waals surface area (Å²) in [5, 5.41) is 0. The molecule has 140 valence electrons. The van der Waals surface area contributed by atoms with Gasteiger partial charge < -0.3 is 12.3 Å². The molecule has 23 heavy (non-hydrogen) atoms. The molecule has 0 aromatic carbocycles. The average Bonchev–Trinajstić information content (AvgIpc) is 2.20. The molecule has 8 heteroatoms. The van der Waals surface area contributed by atoms with E-state index in [1.165, 1.54) is 24.9 Å². The minimum absolute atomic E-state index is 0.106. The van der Waals surface area contributed by atoms with Crippen LogP contribution in [0.3, 0.4) is 0 Å². The Hall–Kier alpha value is 0.964. The van der Waals surface area contributed by atoms with Crippen molar-refractivity contribution in [3.8, 4) is 0 Å².